The molecule has 0 radical (unpaired) electrons. The quantitative estimate of drug-likeness (QED) is 0.521. The van der Waals surface area contributed by atoms with Crippen LogP contribution < -0.4 is 15.8 Å². The second-order valence-corrected chi connectivity index (χ2v) is 7.64. The molecule has 27 heavy (non-hydrogen) atoms. The van der Waals surface area contributed by atoms with E-state index in [9.17, 15) is 18.5 Å². The summed E-state index contributed by atoms with van der Waals surface area (Å²) in [5.74, 6) is -0.328. The van der Waals surface area contributed by atoms with Crippen LogP contribution in [0.15, 0.2) is 65.2 Å². The molecule has 4 N–H and O–H groups in total. The van der Waals surface area contributed by atoms with Gasteiger partial charge >= 0.3 is 0 Å². The summed E-state index contributed by atoms with van der Waals surface area (Å²) in [4.78, 5) is 12.4. The van der Waals surface area contributed by atoms with E-state index in [1.165, 1.54) is 30.5 Å². The molecule has 0 aliphatic carbocycles. The second-order valence-electron chi connectivity index (χ2n) is 6.08. The van der Waals surface area contributed by atoms with Crippen LogP contribution in [0.25, 0.3) is 0 Å². The smallest absolute Gasteiger partial charge is 0.267 e. The number of anilines is 2. The normalized spacial score (nSPS) is 11.7. The molecule has 0 spiro atoms. The minimum atomic E-state index is -3.77. The number of nitrogens with one attached hydrogen (secondary N) is 2. The number of hydrogen-bond acceptors (Lipinski definition) is 5. The molecule has 2 rings (SSSR count). The molecule has 0 bridgehead atoms. The molecule has 7 nitrogen and oxygen atoms in total. The van der Waals surface area contributed by atoms with Crippen LogP contribution in [0.1, 0.15) is 25.3 Å². The number of nitrogens with zero attached hydrogens (tertiary/aromatic N) is 1. The minimum absolute atomic E-state index is 0.0272. The lowest BCUT2D eigenvalue weighted by Crippen LogP contribution is -2.16. The molecule has 0 heterocycles. The number of para-hydroxylation sites is 1. The summed E-state index contributed by atoms with van der Waals surface area (Å²) < 4.78 is 22.5. The van der Waals surface area contributed by atoms with Crippen molar-refractivity contribution in [3.8, 4) is 6.07 Å². The highest BCUT2D eigenvalue weighted by atomic mass is 32.2. The maximum atomic E-state index is 12.4. The Morgan fingerprint density at radius 2 is 1.78 bits per heavy atom. The molecule has 0 unspecified atom stereocenters. The fraction of sp³-hybridized carbons (Fsp3) is 0.158. The van der Waals surface area contributed by atoms with Gasteiger partial charge in [-0.15, -0.1) is 0 Å². The summed E-state index contributed by atoms with van der Waals surface area (Å²) in [7, 11) is -3.77. The lowest BCUT2D eigenvalue weighted by Gasteiger charge is -2.13. The van der Waals surface area contributed by atoms with Gasteiger partial charge in [-0.2, -0.15) is 5.26 Å². The maximum Gasteiger partial charge on any atom is 0.267 e. The number of hydrogen-bond donors (Lipinski definition) is 3. The van der Waals surface area contributed by atoms with Gasteiger partial charge in [-0.05, 0) is 41.8 Å². The van der Waals surface area contributed by atoms with Gasteiger partial charge in [-0.1, -0.05) is 32.0 Å². The van der Waals surface area contributed by atoms with Gasteiger partial charge in [0.15, 0.2) is 0 Å². The molecule has 140 valence electrons. The van der Waals surface area contributed by atoms with Gasteiger partial charge < -0.3 is 10.6 Å². The molecule has 2 aromatic carbocycles. The molecular weight excluding hydrogens is 364 g/mol. The molecule has 0 saturated heterocycles. The number of sulfonamides is 1. The van der Waals surface area contributed by atoms with E-state index in [0.717, 1.165) is 5.56 Å². The Balaban J connectivity index is 2.14. The molecule has 0 saturated carbocycles. The van der Waals surface area contributed by atoms with Crippen LogP contribution in [0.4, 0.5) is 11.4 Å². The van der Waals surface area contributed by atoms with Crippen molar-refractivity contribution in [3.05, 3.63) is 65.9 Å². The first kappa shape index (κ1) is 20.2. The van der Waals surface area contributed by atoms with Gasteiger partial charge in [0, 0.05) is 17.6 Å². The Morgan fingerprint density at radius 3 is 2.33 bits per heavy atom. The van der Waals surface area contributed by atoms with E-state index in [0.29, 0.717) is 11.4 Å². The number of amides is 1. The van der Waals surface area contributed by atoms with E-state index < -0.39 is 15.9 Å². The van der Waals surface area contributed by atoms with Crippen LogP contribution in [-0.2, 0) is 14.8 Å². The predicted molar refractivity (Wildman–Crippen MR) is 104 cm³/mol. The maximum absolute atomic E-state index is 12.4. The molecule has 8 heteroatoms. The van der Waals surface area contributed by atoms with Gasteiger partial charge in [0.2, 0.25) is 10.0 Å². The predicted octanol–water partition coefficient (Wildman–Crippen LogP) is 2.92. The average molecular weight is 384 g/mol. The highest BCUT2D eigenvalue weighted by Crippen LogP contribution is 2.24. The van der Waals surface area contributed by atoms with Gasteiger partial charge in [0.25, 0.3) is 5.91 Å². The number of benzene rings is 2. The Morgan fingerprint density at radius 1 is 1.15 bits per heavy atom. The Bertz CT molecular complexity index is 1000. The Hall–Kier alpha value is -3.15. The molecule has 0 atom stereocenters. The third kappa shape index (κ3) is 5.41. The SMILES string of the molecule is CC(C)c1ccccc1NC(=O)/C(C#N)=C\Nc1ccc(S(N)(=O)=O)cc1. The summed E-state index contributed by atoms with van der Waals surface area (Å²) in [6.07, 6.45) is 1.26. The zero-order valence-corrected chi connectivity index (χ0v) is 15.7. The van der Waals surface area contributed by atoms with Gasteiger partial charge in [-0.25, -0.2) is 13.6 Å². The zero-order chi connectivity index (χ0) is 20.0. The van der Waals surface area contributed by atoms with Crippen LogP contribution >= 0.6 is 0 Å². The Labute approximate surface area is 158 Å². The molecule has 0 aliphatic rings. The van der Waals surface area contributed by atoms with E-state index in [4.69, 9.17) is 5.14 Å². The standard InChI is InChI=1S/C19H20N4O3S/c1-13(2)17-5-3-4-6-18(17)23-19(24)14(11-20)12-22-15-7-9-16(10-8-15)27(21,25)26/h3-10,12-13,22H,1-2H3,(H,23,24)(H2,21,25,26)/b14-12-. The molecule has 0 aliphatic heterocycles. The number of nitriles is 1. The van der Waals surface area contributed by atoms with Crippen molar-refractivity contribution in [2.45, 2.75) is 24.7 Å². The van der Waals surface area contributed by atoms with Crippen molar-refractivity contribution in [1.82, 2.24) is 0 Å². The summed E-state index contributed by atoms with van der Waals surface area (Å²) in [6, 6.07) is 14.9. The first-order valence-electron chi connectivity index (χ1n) is 8.12. The van der Waals surface area contributed by atoms with E-state index in [2.05, 4.69) is 10.6 Å². The monoisotopic (exact) mass is 384 g/mol. The van der Waals surface area contributed by atoms with Crippen LogP contribution in [0.3, 0.4) is 0 Å². The van der Waals surface area contributed by atoms with Crippen LogP contribution in [0, 0.1) is 11.3 Å². The van der Waals surface area contributed by atoms with Crippen molar-refractivity contribution < 1.29 is 13.2 Å². The largest absolute Gasteiger partial charge is 0.360 e. The zero-order valence-electron chi connectivity index (χ0n) is 14.9. The van der Waals surface area contributed by atoms with Gasteiger partial charge in [0.1, 0.15) is 11.6 Å². The third-order valence-electron chi connectivity index (χ3n) is 3.76. The van der Waals surface area contributed by atoms with Crippen LogP contribution in [-0.4, -0.2) is 14.3 Å². The topological polar surface area (TPSA) is 125 Å². The molecule has 2 aromatic rings. The van der Waals surface area contributed by atoms with Crippen LogP contribution in [0.5, 0.6) is 0 Å². The van der Waals surface area contributed by atoms with E-state index in [1.54, 1.807) is 6.07 Å². The molecule has 1 amide bonds. The highest BCUT2D eigenvalue weighted by molar-refractivity contribution is 7.89. The van der Waals surface area contributed by atoms with Crippen molar-refractivity contribution in [1.29, 1.82) is 5.26 Å². The highest BCUT2D eigenvalue weighted by Gasteiger charge is 2.13. The van der Waals surface area contributed by atoms with Crippen molar-refractivity contribution >= 4 is 27.3 Å². The number of nitrogens with two attached hydrogens (primary N) is 1. The third-order valence-corrected chi connectivity index (χ3v) is 4.69. The fourth-order valence-electron chi connectivity index (χ4n) is 2.35. The van der Waals surface area contributed by atoms with Crippen molar-refractivity contribution in [2.24, 2.45) is 5.14 Å². The fourth-order valence-corrected chi connectivity index (χ4v) is 2.86. The summed E-state index contributed by atoms with van der Waals surface area (Å²) >= 11 is 0. The number of carbonyl (C=O) groups is 1. The summed E-state index contributed by atoms with van der Waals surface area (Å²) in [6.45, 7) is 4.03. The van der Waals surface area contributed by atoms with E-state index >= 15 is 0 Å². The molecule has 0 aromatic heterocycles. The number of rotatable bonds is 6. The minimum Gasteiger partial charge on any atom is -0.360 e. The summed E-state index contributed by atoms with van der Waals surface area (Å²) in [5, 5.41) is 19.8. The number of carbonyl (C=O) groups excluding carboxylic acids is 1. The van der Waals surface area contributed by atoms with Crippen molar-refractivity contribution in [2.75, 3.05) is 10.6 Å². The lowest BCUT2D eigenvalue weighted by molar-refractivity contribution is -0.112. The summed E-state index contributed by atoms with van der Waals surface area (Å²) in [5.41, 5.74) is 2.00. The molecular formula is C19H20N4O3S. The number of primary sulfonamides is 1. The van der Waals surface area contributed by atoms with Gasteiger partial charge in [-0.3, -0.25) is 4.79 Å². The Kier molecular flexibility index (Phi) is 6.34. The lowest BCUT2D eigenvalue weighted by atomic mass is 10.0. The van der Waals surface area contributed by atoms with Gasteiger partial charge in [0.05, 0.1) is 4.90 Å². The van der Waals surface area contributed by atoms with Crippen molar-refractivity contribution in [3.63, 3.8) is 0 Å². The van der Waals surface area contributed by atoms with E-state index in [-0.39, 0.29) is 16.4 Å². The second kappa shape index (κ2) is 8.49. The first-order chi connectivity index (χ1) is 12.7. The average Bonchev–Trinajstić information content (AvgIpc) is 2.62. The molecule has 0 fully saturated rings. The first-order valence-corrected chi connectivity index (χ1v) is 9.67. The van der Waals surface area contributed by atoms with E-state index in [1.807, 2.05) is 38.1 Å². The van der Waals surface area contributed by atoms with Crippen LogP contribution in [0.2, 0.25) is 0 Å².